The molecule has 0 aromatic heterocycles. The van der Waals surface area contributed by atoms with Gasteiger partial charge in [0.15, 0.2) is 0 Å². The van der Waals surface area contributed by atoms with Gasteiger partial charge in [0.25, 0.3) is 5.91 Å². The summed E-state index contributed by atoms with van der Waals surface area (Å²) < 4.78 is 5.01. The van der Waals surface area contributed by atoms with E-state index >= 15 is 0 Å². The van der Waals surface area contributed by atoms with Crippen molar-refractivity contribution < 1.29 is 14.3 Å². The van der Waals surface area contributed by atoms with Crippen molar-refractivity contribution in [2.45, 2.75) is 25.2 Å². The van der Waals surface area contributed by atoms with Gasteiger partial charge in [-0.25, -0.2) is 4.79 Å². The van der Waals surface area contributed by atoms with Gasteiger partial charge in [-0.15, -0.1) is 0 Å². The van der Waals surface area contributed by atoms with Crippen molar-refractivity contribution in [3.8, 4) is 0 Å². The Bertz CT molecular complexity index is 810. The van der Waals surface area contributed by atoms with Crippen LogP contribution in [0.15, 0.2) is 54.6 Å². The molecule has 0 unspecified atom stereocenters. The Labute approximate surface area is 172 Å². The summed E-state index contributed by atoms with van der Waals surface area (Å²) in [5.41, 5.74) is 2.56. The van der Waals surface area contributed by atoms with Crippen molar-refractivity contribution in [2.75, 3.05) is 38.7 Å². The van der Waals surface area contributed by atoms with Crippen molar-refractivity contribution >= 4 is 17.6 Å². The summed E-state index contributed by atoms with van der Waals surface area (Å²) in [7, 11) is 1.65. The monoisotopic (exact) mass is 395 g/mol. The number of likely N-dealkylation sites (tertiary alicyclic amines) is 1. The van der Waals surface area contributed by atoms with E-state index in [1.807, 2.05) is 59.5 Å². The average molecular weight is 396 g/mol. The summed E-state index contributed by atoms with van der Waals surface area (Å²) in [6.07, 6.45) is 2.74. The third kappa shape index (κ3) is 6.06. The number of carbonyl (C=O) groups is 2. The molecule has 0 radical (unpaired) electrons. The molecule has 3 rings (SSSR count). The molecule has 6 nitrogen and oxygen atoms in total. The van der Waals surface area contributed by atoms with Gasteiger partial charge in [-0.05, 0) is 49.1 Å². The Kier molecular flexibility index (Phi) is 7.64. The minimum Gasteiger partial charge on any atom is -0.385 e. The number of carbonyl (C=O) groups excluding carboxylic acids is 2. The molecule has 2 aromatic rings. The Balaban J connectivity index is 1.60. The second-order valence-corrected chi connectivity index (χ2v) is 7.31. The normalized spacial score (nSPS) is 16.3. The number of urea groups is 1. The van der Waals surface area contributed by atoms with E-state index in [2.05, 4.69) is 10.6 Å². The zero-order valence-electron chi connectivity index (χ0n) is 16.9. The van der Waals surface area contributed by atoms with Crippen LogP contribution >= 0.6 is 0 Å². The molecule has 1 atom stereocenters. The van der Waals surface area contributed by atoms with Gasteiger partial charge < -0.3 is 20.3 Å². The quantitative estimate of drug-likeness (QED) is 0.699. The number of benzene rings is 2. The maximum absolute atomic E-state index is 12.6. The van der Waals surface area contributed by atoms with E-state index in [9.17, 15) is 9.59 Å². The first-order chi connectivity index (χ1) is 14.2. The van der Waals surface area contributed by atoms with Crippen LogP contribution in [-0.2, 0) is 4.74 Å². The van der Waals surface area contributed by atoms with Crippen molar-refractivity contribution in [2.24, 2.45) is 0 Å². The topological polar surface area (TPSA) is 70.7 Å². The van der Waals surface area contributed by atoms with E-state index in [1.165, 1.54) is 0 Å². The fourth-order valence-electron chi connectivity index (χ4n) is 3.61. The second kappa shape index (κ2) is 10.6. The first-order valence-electron chi connectivity index (χ1n) is 10.2. The number of anilines is 1. The predicted molar refractivity (Wildman–Crippen MR) is 114 cm³/mol. The maximum atomic E-state index is 12.6. The molecule has 0 aliphatic carbocycles. The molecule has 1 heterocycles. The first kappa shape index (κ1) is 20.9. The number of para-hydroxylation sites is 1. The molecule has 1 aliphatic rings. The zero-order chi connectivity index (χ0) is 20.5. The Morgan fingerprint density at radius 2 is 1.97 bits per heavy atom. The minimum atomic E-state index is -0.0760. The molecule has 2 aromatic carbocycles. The lowest BCUT2D eigenvalue weighted by molar-refractivity contribution is 0.0948. The number of rotatable bonds is 7. The van der Waals surface area contributed by atoms with Gasteiger partial charge in [-0.3, -0.25) is 4.79 Å². The Morgan fingerprint density at radius 3 is 2.76 bits per heavy atom. The maximum Gasteiger partial charge on any atom is 0.321 e. The number of nitrogens with zero attached hydrogens (tertiary/aromatic N) is 1. The lowest BCUT2D eigenvalue weighted by Crippen LogP contribution is -2.41. The molecule has 1 saturated heterocycles. The van der Waals surface area contributed by atoms with Crippen LogP contribution in [0, 0.1) is 0 Å². The van der Waals surface area contributed by atoms with Gasteiger partial charge in [-0.1, -0.05) is 30.3 Å². The highest BCUT2D eigenvalue weighted by Crippen LogP contribution is 2.28. The molecular formula is C23H29N3O3. The van der Waals surface area contributed by atoms with Crippen LogP contribution < -0.4 is 10.6 Å². The molecule has 0 bridgehead atoms. The van der Waals surface area contributed by atoms with Crippen molar-refractivity contribution in [3.05, 3.63) is 65.7 Å². The Hall–Kier alpha value is -2.86. The molecule has 2 N–H and O–H groups in total. The molecule has 29 heavy (non-hydrogen) atoms. The van der Waals surface area contributed by atoms with E-state index in [4.69, 9.17) is 4.74 Å². The van der Waals surface area contributed by atoms with Gasteiger partial charge in [-0.2, -0.15) is 0 Å². The van der Waals surface area contributed by atoms with Gasteiger partial charge >= 0.3 is 6.03 Å². The number of methoxy groups -OCH3 is 1. The number of nitrogens with one attached hydrogen (secondary N) is 2. The average Bonchev–Trinajstić information content (AvgIpc) is 2.77. The van der Waals surface area contributed by atoms with E-state index in [-0.39, 0.29) is 17.9 Å². The summed E-state index contributed by atoms with van der Waals surface area (Å²) in [6.45, 7) is 2.61. The van der Waals surface area contributed by atoms with Crippen LogP contribution in [0.4, 0.5) is 10.5 Å². The summed E-state index contributed by atoms with van der Waals surface area (Å²) >= 11 is 0. The summed E-state index contributed by atoms with van der Waals surface area (Å²) in [5, 5.41) is 5.88. The van der Waals surface area contributed by atoms with Crippen LogP contribution in [0.1, 0.15) is 41.1 Å². The SMILES string of the molecule is COCCCNC(=O)c1cccc([C@@H]2CCCN(C(=O)Nc3ccccc3)C2)c1. The minimum absolute atomic E-state index is 0.0718. The third-order valence-electron chi connectivity index (χ3n) is 5.16. The number of amides is 3. The molecule has 0 saturated carbocycles. The largest absolute Gasteiger partial charge is 0.385 e. The first-order valence-corrected chi connectivity index (χ1v) is 10.2. The fraction of sp³-hybridized carbons (Fsp3) is 0.391. The van der Waals surface area contributed by atoms with E-state index in [0.717, 1.165) is 37.1 Å². The van der Waals surface area contributed by atoms with Crippen LogP contribution in [0.25, 0.3) is 0 Å². The van der Waals surface area contributed by atoms with E-state index < -0.39 is 0 Å². The number of piperidine rings is 1. The standard InChI is InChI=1S/C23H29N3O3/c1-29-15-7-13-24-22(27)19-9-5-8-18(16-19)20-10-6-14-26(17-20)23(28)25-21-11-3-2-4-12-21/h2-5,8-9,11-12,16,20H,6-7,10,13-15,17H2,1H3,(H,24,27)(H,25,28)/t20-/m1/s1. The highest BCUT2D eigenvalue weighted by atomic mass is 16.5. The van der Waals surface area contributed by atoms with E-state index in [0.29, 0.717) is 25.3 Å². The van der Waals surface area contributed by atoms with Gasteiger partial charge in [0.1, 0.15) is 0 Å². The predicted octanol–water partition coefficient (Wildman–Crippen LogP) is 3.86. The lowest BCUT2D eigenvalue weighted by Gasteiger charge is -2.33. The fourth-order valence-corrected chi connectivity index (χ4v) is 3.61. The highest BCUT2D eigenvalue weighted by Gasteiger charge is 2.25. The molecule has 154 valence electrons. The van der Waals surface area contributed by atoms with Crippen LogP contribution in [0.5, 0.6) is 0 Å². The van der Waals surface area contributed by atoms with Crippen molar-refractivity contribution in [3.63, 3.8) is 0 Å². The van der Waals surface area contributed by atoms with Crippen molar-refractivity contribution in [1.29, 1.82) is 0 Å². The molecular weight excluding hydrogens is 366 g/mol. The smallest absolute Gasteiger partial charge is 0.321 e. The third-order valence-corrected chi connectivity index (χ3v) is 5.16. The van der Waals surface area contributed by atoms with Crippen LogP contribution in [0.3, 0.4) is 0 Å². The number of hydrogen-bond donors (Lipinski definition) is 2. The number of hydrogen-bond acceptors (Lipinski definition) is 3. The van der Waals surface area contributed by atoms with Crippen molar-refractivity contribution in [1.82, 2.24) is 10.2 Å². The van der Waals surface area contributed by atoms with Crippen LogP contribution in [-0.4, -0.2) is 50.2 Å². The van der Waals surface area contributed by atoms with Gasteiger partial charge in [0, 0.05) is 50.5 Å². The Morgan fingerprint density at radius 1 is 1.14 bits per heavy atom. The molecule has 3 amide bonds. The molecule has 1 fully saturated rings. The summed E-state index contributed by atoms with van der Waals surface area (Å²) in [4.78, 5) is 26.9. The van der Waals surface area contributed by atoms with E-state index in [1.54, 1.807) is 7.11 Å². The highest BCUT2D eigenvalue weighted by molar-refractivity contribution is 5.94. The molecule has 6 heteroatoms. The summed E-state index contributed by atoms with van der Waals surface area (Å²) in [6, 6.07) is 17.2. The second-order valence-electron chi connectivity index (χ2n) is 7.31. The zero-order valence-corrected chi connectivity index (χ0v) is 16.9. The molecule has 1 aliphatic heterocycles. The van der Waals surface area contributed by atoms with Gasteiger partial charge in [0.05, 0.1) is 0 Å². The van der Waals surface area contributed by atoms with Crippen LogP contribution in [0.2, 0.25) is 0 Å². The van der Waals surface area contributed by atoms with Gasteiger partial charge in [0.2, 0.25) is 0 Å². The lowest BCUT2D eigenvalue weighted by atomic mass is 9.89. The molecule has 0 spiro atoms. The number of ether oxygens (including phenoxy) is 1. The summed E-state index contributed by atoms with van der Waals surface area (Å²) in [5.74, 6) is 0.156.